The summed E-state index contributed by atoms with van der Waals surface area (Å²) >= 11 is 0. The predicted molar refractivity (Wildman–Crippen MR) is 124 cm³/mol. The molecule has 0 heterocycles. The van der Waals surface area contributed by atoms with Gasteiger partial charge in [0.1, 0.15) is 0 Å². The van der Waals surface area contributed by atoms with E-state index in [-0.39, 0.29) is 6.10 Å². The van der Waals surface area contributed by atoms with Crippen LogP contribution >= 0.6 is 0 Å². The van der Waals surface area contributed by atoms with Crippen molar-refractivity contribution in [3.05, 3.63) is 35.5 Å². The van der Waals surface area contributed by atoms with Crippen LogP contribution in [0.4, 0.5) is 0 Å². The fourth-order valence-corrected chi connectivity index (χ4v) is 6.58. The molecular formula is C27H44O3. The molecule has 30 heavy (non-hydrogen) atoms. The van der Waals surface area contributed by atoms with E-state index in [0.29, 0.717) is 29.6 Å². The van der Waals surface area contributed by atoms with Crippen LogP contribution < -0.4 is 0 Å². The molecule has 0 aliphatic heterocycles. The maximum Gasteiger partial charge on any atom is 0.0849 e. The van der Waals surface area contributed by atoms with Gasteiger partial charge in [-0.1, -0.05) is 43.7 Å². The number of allylic oxidation sites excluding steroid dienone is 4. The standard InChI is InChI=1S/C27H44O3/c1-18-8-12-22(28)17-21(18)11-10-20-7-6-16-27(5)23(13-14-24(20)27)19(2)9-15-25(29)26(3,4)30/h10-11,19,22-25,28-30H,1,6-9,12-17H2,2-5H3/b20-10+,21-11?/t19-,22+,23-,24+,25-,27-/m1/s1. The summed E-state index contributed by atoms with van der Waals surface area (Å²) in [7, 11) is 0. The Balaban J connectivity index is 1.69. The lowest BCUT2D eigenvalue weighted by Crippen LogP contribution is -2.38. The topological polar surface area (TPSA) is 60.7 Å². The molecule has 0 aromatic heterocycles. The molecule has 0 radical (unpaired) electrons. The van der Waals surface area contributed by atoms with E-state index in [0.717, 1.165) is 25.7 Å². The van der Waals surface area contributed by atoms with Crippen molar-refractivity contribution in [2.45, 2.75) is 110 Å². The van der Waals surface area contributed by atoms with Crippen LogP contribution in [0.3, 0.4) is 0 Å². The Morgan fingerprint density at radius 1 is 1.17 bits per heavy atom. The summed E-state index contributed by atoms with van der Waals surface area (Å²) in [4.78, 5) is 0. The molecule has 170 valence electrons. The van der Waals surface area contributed by atoms with Gasteiger partial charge in [-0.3, -0.25) is 0 Å². The van der Waals surface area contributed by atoms with E-state index in [4.69, 9.17) is 0 Å². The zero-order valence-corrected chi connectivity index (χ0v) is 19.7. The normalized spacial score (nSPS) is 37.4. The molecule has 3 heteroatoms. The second kappa shape index (κ2) is 9.30. The molecule has 0 spiro atoms. The number of hydrogen-bond acceptors (Lipinski definition) is 3. The molecule has 0 amide bonds. The van der Waals surface area contributed by atoms with Gasteiger partial charge in [-0.25, -0.2) is 0 Å². The minimum atomic E-state index is -1.02. The average molecular weight is 417 g/mol. The van der Waals surface area contributed by atoms with Gasteiger partial charge in [-0.05, 0) is 107 Å². The summed E-state index contributed by atoms with van der Waals surface area (Å²) in [6, 6.07) is 0. The molecule has 6 atom stereocenters. The Morgan fingerprint density at radius 2 is 1.90 bits per heavy atom. The van der Waals surface area contributed by atoms with Gasteiger partial charge in [0.15, 0.2) is 0 Å². The van der Waals surface area contributed by atoms with Crippen molar-refractivity contribution >= 4 is 0 Å². The minimum absolute atomic E-state index is 0.215. The molecule has 3 aliphatic rings. The maximum absolute atomic E-state index is 10.3. The number of hydrogen-bond donors (Lipinski definition) is 3. The Morgan fingerprint density at radius 3 is 2.60 bits per heavy atom. The fraction of sp³-hybridized carbons (Fsp3) is 0.778. The van der Waals surface area contributed by atoms with Gasteiger partial charge in [0.25, 0.3) is 0 Å². The van der Waals surface area contributed by atoms with Crippen LogP contribution in [0.5, 0.6) is 0 Å². The van der Waals surface area contributed by atoms with Crippen molar-refractivity contribution in [1.82, 2.24) is 0 Å². The first-order valence-corrected chi connectivity index (χ1v) is 12.2. The average Bonchev–Trinajstić information content (AvgIpc) is 3.03. The van der Waals surface area contributed by atoms with E-state index in [1.54, 1.807) is 19.4 Å². The van der Waals surface area contributed by atoms with Crippen LogP contribution in [0.25, 0.3) is 0 Å². The van der Waals surface area contributed by atoms with Gasteiger partial charge < -0.3 is 15.3 Å². The summed E-state index contributed by atoms with van der Waals surface area (Å²) in [6.07, 6.45) is 14.1. The highest BCUT2D eigenvalue weighted by Crippen LogP contribution is 2.60. The van der Waals surface area contributed by atoms with Gasteiger partial charge in [0.05, 0.1) is 17.8 Å². The zero-order chi connectivity index (χ0) is 22.1. The van der Waals surface area contributed by atoms with Crippen LogP contribution in [0.15, 0.2) is 35.5 Å². The Kier molecular flexibility index (Phi) is 7.37. The Hall–Kier alpha value is -0.900. The van der Waals surface area contributed by atoms with Crippen molar-refractivity contribution in [3.8, 4) is 0 Å². The van der Waals surface area contributed by atoms with Gasteiger partial charge in [0.2, 0.25) is 0 Å². The number of aliphatic hydroxyl groups is 3. The number of fused-ring (bicyclic) bond motifs is 1. The highest BCUT2D eigenvalue weighted by molar-refractivity contribution is 5.36. The summed E-state index contributed by atoms with van der Waals surface area (Å²) in [6.45, 7) is 12.5. The second-order valence-corrected chi connectivity index (χ2v) is 11.3. The highest BCUT2D eigenvalue weighted by atomic mass is 16.3. The van der Waals surface area contributed by atoms with Crippen LogP contribution in [0, 0.1) is 23.2 Å². The third-order valence-electron chi connectivity index (χ3n) is 8.62. The summed E-state index contributed by atoms with van der Waals surface area (Å²) in [5.74, 6) is 1.89. The largest absolute Gasteiger partial charge is 0.393 e. The number of aliphatic hydroxyl groups excluding tert-OH is 2. The molecule has 0 unspecified atom stereocenters. The van der Waals surface area contributed by atoms with E-state index >= 15 is 0 Å². The Labute approximate surface area is 184 Å². The van der Waals surface area contributed by atoms with Crippen molar-refractivity contribution in [2.75, 3.05) is 0 Å². The first-order chi connectivity index (χ1) is 14.0. The van der Waals surface area contributed by atoms with Gasteiger partial charge in [-0.2, -0.15) is 0 Å². The smallest absolute Gasteiger partial charge is 0.0849 e. The Bertz CT molecular complexity index is 683. The molecule has 3 N–H and O–H groups in total. The van der Waals surface area contributed by atoms with Crippen molar-refractivity contribution in [2.24, 2.45) is 23.2 Å². The molecule has 3 aliphatic carbocycles. The minimum Gasteiger partial charge on any atom is -0.393 e. The molecule has 0 aromatic carbocycles. The van der Waals surface area contributed by atoms with Gasteiger partial charge >= 0.3 is 0 Å². The quantitative estimate of drug-likeness (QED) is 0.520. The van der Waals surface area contributed by atoms with Crippen molar-refractivity contribution < 1.29 is 15.3 Å². The van der Waals surface area contributed by atoms with Crippen molar-refractivity contribution in [1.29, 1.82) is 0 Å². The zero-order valence-electron chi connectivity index (χ0n) is 19.7. The van der Waals surface area contributed by atoms with E-state index in [1.807, 2.05) is 0 Å². The lowest BCUT2D eigenvalue weighted by atomic mass is 9.60. The highest BCUT2D eigenvalue weighted by Gasteiger charge is 2.50. The molecule has 3 nitrogen and oxygen atoms in total. The first-order valence-electron chi connectivity index (χ1n) is 12.2. The van der Waals surface area contributed by atoms with E-state index in [2.05, 4.69) is 32.6 Å². The van der Waals surface area contributed by atoms with Gasteiger partial charge in [0, 0.05) is 0 Å². The third-order valence-corrected chi connectivity index (χ3v) is 8.62. The second-order valence-electron chi connectivity index (χ2n) is 11.3. The van der Waals surface area contributed by atoms with Crippen LogP contribution in [0.1, 0.15) is 91.9 Å². The molecule has 3 saturated carbocycles. The lowest BCUT2D eigenvalue weighted by Gasteiger charge is -2.44. The van der Waals surface area contributed by atoms with E-state index in [9.17, 15) is 15.3 Å². The third kappa shape index (κ3) is 5.11. The molecular weight excluding hydrogens is 372 g/mol. The molecule has 3 rings (SSSR count). The van der Waals surface area contributed by atoms with Crippen molar-refractivity contribution in [3.63, 3.8) is 0 Å². The first kappa shape index (κ1) is 23.8. The van der Waals surface area contributed by atoms with Crippen LogP contribution in [-0.4, -0.2) is 33.1 Å². The lowest BCUT2D eigenvalue weighted by molar-refractivity contribution is -0.0554. The van der Waals surface area contributed by atoms with Crippen LogP contribution in [-0.2, 0) is 0 Å². The molecule has 0 aromatic rings. The molecule has 0 saturated heterocycles. The molecule has 0 bridgehead atoms. The summed E-state index contributed by atoms with van der Waals surface area (Å²) in [5, 5.41) is 30.3. The predicted octanol–water partition coefficient (Wildman–Crippen LogP) is 5.70. The SMILES string of the molecule is C=C1CC[C@H](O)CC1=C/C=C1\CCC[C@]2(C)[C@@H]([C@H](C)CC[C@@H](O)C(C)(C)O)CC[C@@H]12. The van der Waals surface area contributed by atoms with E-state index < -0.39 is 11.7 Å². The maximum atomic E-state index is 10.3. The number of rotatable bonds is 6. The van der Waals surface area contributed by atoms with E-state index in [1.165, 1.54) is 43.3 Å². The summed E-state index contributed by atoms with van der Waals surface area (Å²) < 4.78 is 0. The fourth-order valence-electron chi connectivity index (χ4n) is 6.58. The van der Waals surface area contributed by atoms with Crippen LogP contribution in [0.2, 0.25) is 0 Å². The summed E-state index contributed by atoms with van der Waals surface area (Å²) in [5.41, 5.74) is 3.34. The molecule has 3 fully saturated rings. The van der Waals surface area contributed by atoms with Gasteiger partial charge in [-0.15, -0.1) is 0 Å². The monoisotopic (exact) mass is 416 g/mol.